The Hall–Kier alpha value is -2.81. The van der Waals surface area contributed by atoms with Gasteiger partial charge < -0.3 is 10.1 Å². The summed E-state index contributed by atoms with van der Waals surface area (Å²) in [7, 11) is 0. The first kappa shape index (κ1) is 21.4. The van der Waals surface area contributed by atoms with Crippen molar-refractivity contribution in [1.29, 1.82) is 0 Å². The number of H-pyrrole nitrogens is 1. The number of morpholine rings is 1. The number of amides is 1. The Kier molecular flexibility index (Phi) is 6.91. The summed E-state index contributed by atoms with van der Waals surface area (Å²) in [5.74, 6) is 0.557. The van der Waals surface area contributed by atoms with E-state index in [2.05, 4.69) is 20.4 Å². The van der Waals surface area contributed by atoms with Crippen LogP contribution < -0.4 is 5.32 Å². The molecule has 7 nitrogen and oxygen atoms in total. The summed E-state index contributed by atoms with van der Waals surface area (Å²) in [6, 6.07) is 18.0. The van der Waals surface area contributed by atoms with Gasteiger partial charge in [0.1, 0.15) is 6.54 Å². The van der Waals surface area contributed by atoms with Crippen molar-refractivity contribution < 1.29 is 9.53 Å². The first-order valence-corrected chi connectivity index (χ1v) is 10.9. The molecule has 0 radical (unpaired) electrons. The Balaban J connectivity index is 1.52. The Labute approximate surface area is 187 Å². The Morgan fingerprint density at radius 2 is 1.97 bits per heavy atom. The van der Waals surface area contributed by atoms with Crippen LogP contribution in [0.25, 0.3) is 11.4 Å². The number of nitrogens with zero attached hydrogens (tertiary/aromatic N) is 3. The van der Waals surface area contributed by atoms with Crippen molar-refractivity contribution in [2.24, 2.45) is 0 Å². The number of benzene rings is 2. The monoisotopic (exact) mass is 437 g/mol. The van der Waals surface area contributed by atoms with Crippen LogP contribution in [0.2, 0.25) is 0 Å². The van der Waals surface area contributed by atoms with Crippen molar-refractivity contribution in [2.45, 2.75) is 19.5 Å². The van der Waals surface area contributed by atoms with E-state index in [9.17, 15) is 4.79 Å². The fraction of sp³-hybridized carbons (Fsp3) is 0.348. The number of hydrogen-bond donors (Lipinski definition) is 2. The standard InChI is InChI=1S/C23H27N5O2S/c1-17-6-5-9-19(14-17)22-25-26-23(31)28(22)16-21(29)24-20(18-7-3-2-4-8-18)15-27-10-12-30-13-11-27/h2-9,14,20H,10-13,15-16H2,1H3,(H,24,29)(H,26,31). The molecule has 162 valence electrons. The van der Waals surface area contributed by atoms with Crippen molar-refractivity contribution in [2.75, 3.05) is 32.8 Å². The molecule has 0 bridgehead atoms. The van der Waals surface area contributed by atoms with Crippen LogP contribution >= 0.6 is 12.2 Å². The van der Waals surface area contributed by atoms with Crippen LogP contribution in [-0.4, -0.2) is 58.4 Å². The lowest BCUT2D eigenvalue weighted by molar-refractivity contribution is -0.122. The number of aryl methyl sites for hydroxylation is 1. The number of ether oxygens (including phenoxy) is 1. The van der Waals surface area contributed by atoms with Crippen molar-refractivity contribution in [1.82, 2.24) is 25.0 Å². The SMILES string of the molecule is Cc1cccc(-c2n[nH]c(=S)n2CC(=O)NC(CN2CCOCC2)c2ccccc2)c1. The Morgan fingerprint density at radius 3 is 2.71 bits per heavy atom. The van der Waals surface area contributed by atoms with Crippen molar-refractivity contribution in [3.05, 3.63) is 70.5 Å². The molecule has 31 heavy (non-hydrogen) atoms. The first-order valence-electron chi connectivity index (χ1n) is 10.5. The summed E-state index contributed by atoms with van der Waals surface area (Å²) in [4.78, 5) is 15.4. The van der Waals surface area contributed by atoms with E-state index in [0.29, 0.717) is 10.6 Å². The summed E-state index contributed by atoms with van der Waals surface area (Å²) < 4.78 is 7.63. The molecule has 2 heterocycles. The molecule has 1 fully saturated rings. The van der Waals surface area contributed by atoms with E-state index in [1.165, 1.54) is 0 Å². The highest BCUT2D eigenvalue weighted by atomic mass is 32.1. The molecule has 4 rings (SSSR count). The van der Waals surface area contributed by atoms with Gasteiger partial charge in [-0.25, -0.2) is 0 Å². The van der Waals surface area contributed by atoms with E-state index in [-0.39, 0.29) is 18.5 Å². The lowest BCUT2D eigenvalue weighted by Crippen LogP contribution is -2.43. The van der Waals surface area contributed by atoms with Gasteiger partial charge in [0.2, 0.25) is 5.91 Å². The lowest BCUT2D eigenvalue weighted by Gasteiger charge is -2.31. The summed E-state index contributed by atoms with van der Waals surface area (Å²) in [6.07, 6.45) is 0. The molecule has 1 amide bonds. The van der Waals surface area contributed by atoms with Gasteiger partial charge in [0, 0.05) is 25.2 Å². The molecule has 3 aromatic rings. The summed E-state index contributed by atoms with van der Waals surface area (Å²) in [5, 5.41) is 10.4. The molecule has 1 saturated heterocycles. The summed E-state index contributed by atoms with van der Waals surface area (Å²) >= 11 is 5.40. The number of nitrogens with one attached hydrogen (secondary N) is 2. The average Bonchev–Trinajstić information content (AvgIpc) is 3.14. The van der Waals surface area contributed by atoms with Gasteiger partial charge in [-0.3, -0.25) is 19.4 Å². The van der Waals surface area contributed by atoms with Gasteiger partial charge in [0.25, 0.3) is 0 Å². The molecule has 0 saturated carbocycles. The average molecular weight is 438 g/mol. The van der Waals surface area contributed by atoms with Gasteiger partial charge in [0.15, 0.2) is 10.6 Å². The predicted molar refractivity (Wildman–Crippen MR) is 122 cm³/mol. The van der Waals surface area contributed by atoms with Gasteiger partial charge in [-0.05, 0) is 30.8 Å². The van der Waals surface area contributed by atoms with Gasteiger partial charge in [-0.1, -0.05) is 54.1 Å². The first-order chi connectivity index (χ1) is 15.1. The minimum absolute atomic E-state index is 0.102. The van der Waals surface area contributed by atoms with Crippen LogP contribution in [0.5, 0.6) is 0 Å². The van der Waals surface area contributed by atoms with Gasteiger partial charge >= 0.3 is 0 Å². The predicted octanol–water partition coefficient (Wildman–Crippen LogP) is 3.11. The number of aromatic amines is 1. The van der Waals surface area contributed by atoms with Crippen molar-refractivity contribution >= 4 is 18.1 Å². The van der Waals surface area contributed by atoms with Crippen LogP contribution in [0.3, 0.4) is 0 Å². The third-order valence-corrected chi connectivity index (χ3v) is 5.73. The van der Waals surface area contributed by atoms with Crippen LogP contribution in [-0.2, 0) is 16.1 Å². The van der Waals surface area contributed by atoms with E-state index in [4.69, 9.17) is 17.0 Å². The number of carbonyl (C=O) groups excluding carboxylic acids is 1. The van der Waals surface area contributed by atoms with Crippen LogP contribution in [0.1, 0.15) is 17.2 Å². The zero-order valence-electron chi connectivity index (χ0n) is 17.6. The summed E-state index contributed by atoms with van der Waals surface area (Å²) in [5.41, 5.74) is 3.13. The highest BCUT2D eigenvalue weighted by Crippen LogP contribution is 2.19. The summed E-state index contributed by atoms with van der Waals surface area (Å²) in [6.45, 7) is 6.04. The second kappa shape index (κ2) is 10.00. The Bertz CT molecular complexity index is 1070. The smallest absolute Gasteiger partial charge is 0.240 e. The molecule has 2 N–H and O–H groups in total. The van der Waals surface area contributed by atoms with Gasteiger partial charge in [-0.2, -0.15) is 5.10 Å². The molecular formula is C23H27N5O2S. The van der Waals surface area contributed by atoms with Crippen molar-refractivity contribution in [3.8, 4) is 11.4 Å². The molecule has 1 aliphatic heterocycles. The third-order valence-electron chi connectivity index (χ3n) is 5.42. The maximum Gasteiger partial charge on any atom is 0.240 e. The topological polar surface area (TPSA) is 75.2 Å². The second-order valence-electron chi connectivity index (χ2n) is 7.75. The molecule has 1 aliphatic rings. The minimum atomic E-state index is -0.115. The van der Waals surface area contributed by atoms with E-state index < -0.39 is 0 Å². The van der Waals surface area contributed by atoms with E-state index in [0.717, 1.165) is 49.5 Å². The molecule has 1 atom stereocenters. The van der Waals surface area contributed by atoms with E-state index >= 15 is 0 Å². The second-order valence-corrected chi connectivity index (χ2v) is 8.14. The normalized spacial score (nSPS) is 15.5. The molecule has 0 spiro atoms. The van der Waals surface area contributed by atoms with Crippen LogP contribution in [0, 0.1) is 11.7 Å². The number of aromatic nitrogens is 3. The molecule has 1 unspecified atom stereocenters. The van der Waals surface area contributed by atoms with Crippen LogP contribution in [0.15, 0.2) is 54.6 Å². The third kappa shape index (κ3) is 5.46. The maximum absolute atomic E-state index is 13.1. The van der Waals surface area contributed by atoms with Gasteiger partial charge in [-0.15, -0.1) is 0 Å². The quantitative estimate of drug-likeness (QED) is 0.556. The molecular weight excluding hydrogens is 410 g/mol. The molecule has 1 aromatic heterocycles. The molecule has 8 heteroatoms. The van der Waals surface area contributed by atoms with E-state index in [1.807, 2.05) is 61.5 Å². The minimum Gasteiger partial charge on any atom is -0.379 e. The largest absolute Gasteiger partial charge is 0.379 e. The fourth-order valence-corrected chi connectivity index (χ4v) is 4.01. The molecule has 2 aromatic carbocycles. The number of hydrogen-bond acceptors (Lipinski definition) is 5. The molecule has 0 aliphatic carbocycles. The highest BCUT2D eigenvalue weighted by molar-refractivity contribution is 7.71. The maximum atomic E-state index is 13.1. The van der Waals surface area contributed by atoms with Crippen LogP contribution in [0.4, 0.5) is 0 Å². The fourth-order valence-electron chi connectivity index (χ4n) is 3.81. The lowest BCUT2D eigenvalue weighted by atomic mass is 10.1. The zero-order chi connectivity index (χ0) is 21.6. The van der Waals surface area contributed by atoms with E-state index in [1.54, 1.807) is 4.57 Å². The highest BCUT2D eigenvalue weighted by Gasteiger charge is 2.21. The van der Waals surface area contributed by atoms with Gasteiger partial charge in [0.05, 0.1) is 19.3 Å². The zero-order valence-corrected chi connectivity index (χ0v) is 18.4. The Morgan fingerprint density at radius 1 is 1.19 bits per heavy atom. The van der Waals surface area contributed by atoms with Crippen molar-refractivity contribution in [3.63, 3.8) is 0 Å². The number of rotatable bonds is 7. The number of carbonyl (C=O) groups is 1.